The second-order valence-electron chi connectivity index (χ2n) is 7.76. The van der Waals surface area contributed by atoms with Gasteiger partial charge >= 0.3 is 0 Å². The van der Waals surface area contributed by atoms with Crippen LogP contribution in [0, 0.1) is 34.5 Å². The number of nitrogens with two attached hydrogens (primary N) is 2. The van der Waals surface area contributed by atoms with Crippen molar-refractivity contribution in [1.82, 2.24) is 5.32 Å². The van der Waals surface area contributed by atoms with Crippen molar-refractivity contribution < 1.29 is 14.0 Å². The van der Waals surface area contributed by atoms with Gasteiger partial charge in [-0.2, -0.15) is 0 Å². The van der Waals surface area contributed by atoms with E-state index >= 15 is 0 Å². The molecule has 6 atom stereocenters. The van der Waals surface area contributed by atoms with Crippen LogP contribution >= 0.6 is 0 Å². The van der Waals surface area contributed by atoms with Gasteiger partial charge in [0.05, 0.1) is 11.3 Å². The highest BCUT2D eigenvalue weighted by molar-refractivity contribution is 5.91. The molecule has 122 valence electrons. The summed E-state index contributed by atoms with van der Waals surface area (Å²) < 4.78 is 14.7. The molecule has 4 aliphatic rings. The fourth-order valence-electron chi connectivity index (χ4n) is 6.60. The maximum Gasteiger partial charge on any atom is 0.225 e. The number of primary amides is 2. The van der Waals surface area contributed by atoms with Crippen molar-refractivity contribution in [3.8, 4) is 0 Å². The maximum atomic E-state index is 14.7. The molecular formula is C16H24FN3O2. The van der Waals surface area contributed by atoms with Gasteiger partial charge in [0.25, 0.3) is 0 Å². The molecular weight excluding hydrogens is 285 g/mol. The Hall–Kier alpha value is -1.17. The summed E-state index contributed by atoms with van der Waals surface area (Å²) in [5.41, 5.74) is 10.5. The first-order chi connectivity index (χ1) is 10.5. The average molecular weight is 309 g/mol. The van der Waals surface area contributed by atoms with Crippen LogP contribution in [0.25, 0.3) is 0 Å². The van der Waals surface area contributed by atoms with Gasteiger partial charge in [0.2, 0.25) is 11.8 Å². The molecule has 22 heavy (non-hydrogen) atoms. The third-order valence-electron chi connectivity index (χ3n) is 7.27. The van der Waals surface area contributed by atoms with Crippen LogP contribution in [-0.4, -0.2) is 31.1 Å². The van der Waals surface area contributed by atoms with Gasteiger partial charge in [0.1, 0.15) is 6.17 Å². The lowest BCUT2D eigenvalue weighted by Gasteiger charge is -2.48. The summed E-state index contributed by atoms with van der Waals surface area (Å²) in [6, 6.07) is 0. The van der Waals surface area contributed by atoms with Crippen LogP contribution < -0.4 is 16.8 Å². The van der Waals surface area contributed by atoms with E-state index in [1.165, 1.54) is 0 Å². The van der Waals surface area contributed by atoms with Crippen molar-refractivity contribution in [2.45, 2.75) is 38.3 Å². The predicted molar refractivity (Wildman–Crippen MR) is 78.1 cm³/mol. The van der Waals surface area contributed by atoms with E-state index < -0.39 is 35.2 Å². The lowest BCUT2D eigenvalue weighted by Crippen LogP contribution is -2.60. The van der Waals surface area contributed by atoms with Crippen LogP contribution in [-0.2, 0) is 9.59 Å². The second kappa shape index (κ2) is 4.43. The molecule has 4 unspecified atom stereocenters. The molecule has 6 heteroatoms. The number of piperidine rings is 1. The summed E-state index contributed by atoms with van der Waals surface area (Å²) in [7, 11) is 0. The second-order valence-corrected chi connectivity index (χ2v) is 7.76. The number of rotatable bonds is 3. The SMILES string of the molecule is NC(=O)C1C2CCC(C23CC3)C1(C(N)=O)[C@H]1CCNC[C@@H]1F. The molecule has 5 nitrogen and oxygen atoms in total. The lowest BCUT2D eigenvalue weighted by molar-refractivity contribution is -0.152. The van der Waals surface area contributed by atoms with Crippen LogP contribution in [0.15, 0.2) is 0 Å². The number of hydrogen-bond acceptors (Lipinski definition) is 3. The first-order valence-corrected chi connectivity index (χ1v) is 8.40. The smallest absolute Gasteiger partial charge is 0.225 e. The third kappa shape index (κ3) is 1.47. The molecule has 3 aliphatic carbocycles. The lowest BCUT2D eigenvalue weighted by atomic mass is 9.56. The Morgan fingerprint density at radius 2 is 1.82 bits per heavy atom. The van der Waals surface area contributed by atoms with Crippen LogP contribution in [0.3, 0.4) is 0 Å². The highest BCUT2D eigenvalue weighted by Crippen LogP contribution is 2.79. The van der Waals surface area contributed by atoms with Crippen molar-refractivity contribution in [3.05, 3.63) is 0 Å². The van der Waals surface area contributed by atoms with Crippen molar-refractivity contribution >= 4 is 11.8 Å². The summed E-state index contributed by atoms with van der Waals surface area (Å²) in [5, 5.41) is 3.03. The van der Waals surface area contributed by atoms with Gasteiger partial charge in [0, 0.05) is 12.5 Å². The van der Waals surface area contributed by atoms with E-state index in [1.807, 2.05) is 0 Å². The fourth-order valence-corrected chi connectivity index (χ4v) is 6.60. The largest absolute Gasteiger partial charge is 0.369 e. The van der Waals surface area contributed by atoms with Crippen molar-refractivity contribution in [3.63, 3.8) is 0 Å². The van der Waals surface area contributed by atoms with Gasteiger partial charge in [-0.25, -0.2) is 4.39 Å². The molecule has 1 spiro atoms. The first-order valence-electron chi connectivity index (χ1n) is 8.40. The topological polar surface area (TPSA) is 98.2 Å². The normalized spacial score (nSPS) is 48.5. The molecule has 1 aliphatic heterocycles. The zero-order chi connectivity index (χ0) is 15.7. The van der Waals surface area contributed by atoms with E-state index in [0.717, 1.165) is 25.7 Å². The Morgan fingerprint density at radius 1 is 1.09 bits per heavy atom. The summed E-state index contributed by atoms with van der Waals surface area (Å²) in [4.78, 5) is 24.9. The predicted octanol–water partition coefficient (Wildman–Crippen LogP) is 0.327. The van der Waals surface area contributed by atoms with E-state index in [-0.39, 0.29) is 23.8 Å². The van der Waals surface area contributed by atoms with E-state index in [4.69, 9.17) is 11.5 Å². The molecule has 4 rings (SSSR count). The number of nitrogens with one attached hydrogen (secondary N) is 1. The standard InChI is InChI=1S/C16H24FN3O2/c17-10-7-20-6-3-8(10)16(14(19)22)11-2-1-9(12(16)13(18)21)15(11)4-5-15/h8-12,20H,1-7H2,(H2,18,21)(H2,19,22)/t8-,9?,10-,11?,12?,16?/m0/s1. The maximum absolute atomic E-state index is 14.7. The molecule has 0 aromatic carbocycles. The zero-order valence-electron chi connectivity index (χ0n) is 12.7. The number of hydrogen-bond donors (Lipinski definition) is 3. The Bertz CT molecular complexity index is 535. The molecule has 2 amide bonds. The molecule has 1 saturated heterocycles. The molecule has 2 bridgehead atoms. The van der Waals surface area contributed by atoms with Gasteiger partial charge in [-0.3, -0.25) is 9.59 Å². The number of amides is 2. The summed E-state index contributed by atoms with van der Waals surface area (Å²) in [6.07, 6.45) is 3.28. The van der Waals surface area contributed by atoms with Gasteiger partial charge in [-0.05, 0) is 55.9 Å². The van der Waals surface area contributed by atoms with Gasteiger partial charge in [-0.15, -0.1) is 0 Å². The van der Waals surface area contributed by atoms with Crippen LogP contribution in [0.4, 0.5) is 4.39 Å². The first kappa shape index (κ1) is 14.4. The molecule has 1 heterocycles. The van der Waals surface area contributed by atoms with Crippen LogP contribution in [0.1, 0.15) is 32.1 Å². The number of halogens is 1. The molecule has 4 fully saturated rings. The Kier molecular flexibility index (Phi) is 2.91. The minimum atomic E-state index is -1.14. The van der Waals surface area contributed by atoms with Crippen LogP contribution in [0.2, 0.25) is 0 Å². The van der Waals surface area contributed by atoms with E-state index in [0.29, 0.717) is 13.0 Å². The van der Waals surface area contributed by atoms with Crippen LogP contribution in [0.5, 0.6) is 0 Å². The Labute approximate surface area is 129 Å². The monoisotopic (exact) mass is 309 g/mol. The van der Waals surface area contributed by atoms with Crippen molar-refractivity contribution in [2.24, 2.45) is 46.0 Å². The van der Waals surface area contributed by atoms with Gasteiger partial charge in [-0.1, -0.05) is 0 Å². The summed E-state index contributed by atoms with van der Waals surface area (Å²) in [5.74, 6) is -1.83. The van der Waals surface area contributed by atoms with Gasteiger partial charge < -0.3 is 16.8 Å². The van der Waals surface area contributed by atoms with E-state index in [2.05, 4.69) is 5.32 Å². The quantitative estimate of drug-likeness (QED) is 0.700. The number of carbonyl (C=O) groups is 2. The Balaban J connectivity index is 1.86. The zero-order valence-corrected chi connectivity index (χ0v) is 12.7. The third-order valence-corrected chi connectivity index (χ3v) is 7.27. The molecule has 3 saturated carbocycles. The van der Waals surface area contributed by atoms with Gasteiger partial charge in [0.15, 0.2) is 0 Å². The van der Waals surface area contributed by atoms with E-state index in [1.54, 1.807) is 0 Å². The highest BCUT2D eigenvalue weighted by atomic mass is 19.1. The number of carbonyl (C=O) groups excluding carboxylic acids is 2. The minimum Gasteiger partial charge on any atom is -0.369 e. The molecule has 0 aromatic heterocycles. The molecule has 0 aromatic rings. The Morgan fingerprint density at radius 3 is 2.36 bits per heavy atom. The molecule has 5 N–H and O–H groups in total. The van der Waals surface area contributed by atoms with Crippen molar-refractivity contribution in [2.75, 3.05) is 13.1 Å². The molecule has 0 radical (unpaired) electrons. The minimum absolute atomic E-state index is 0.0410. The number of alkyl halides is 1. The van der Waals surface area contributed by atoms with Crippen molar-refractivity contribution in [1.29, 1.82) is 0 Å². The average Bonchev–Trinajstić information content (AvgIpc) is 3.13. The highest BCUT2D eigenvalue weighted by Gasteiger charge is 2.79. The summed E-state index contributed by atoms with van der Waals surface area (Å²) in [6.45, 7) is 0.894. The summed E-state index contributed by atoms with van der Waals surface area (Å²) >= 11 is 0. The fraction of sp³-hybridized carbons (Fsp3) is 0.875. The van der Waals surface area contributed by atoms with E-state index in [9.17, 15) is 14.0 Å².